The monoisotopic (exact) mass is 285 g/mol. The lowest BCUT2D eigenvalue weighted by molar-refractivity contribution is 1.49. The van der Waals surface area contributed by atoms with Crippen LogP contribution in [0.25, 0.3) is 10.1 Å². The summed E-state index contributed by atoms with van der Waals surface area (Å²) in [7, 11) is 0. The molecule has 0 unspecified atom stereocenters. The van der Waals surface area contributed by atoms with Crippen molar-refractivity contribution in [1.82, 2.24) is 0 Å². The quantitative estimate of drug-likeness (QED) is 0.716. The Morgan fingerprint density at radius 2 is 2.29 bits per heavy atom. The van der Waals surface area contributed by atoms with Crippen molar-refractivity contribution in [2.75, 3.05) is 0 Å². The summed E-state index contributed by atoms with van der Waals surface area (Å²) in [6.07, 6.45) is 0. The van der Waals surface area contributed by atoms with E-state index in [0.29, 0.717) is 10.6 Å². The number of thiophene rings is 1. The molecule has 1 nitrogen and oxygen atoms in total. The summed E-state index contributed by atoms with van der Waals surface area (Å²) in [5.74, 6) is 0. The zero-order valence-corrected chi connectivity index (χ0v) is 10.2. The Balaban J connectivity index is 2.80. The number of benzene rings is 1. The maximum atomic E-state index is 8.80. The molecule has 4 heteroatoms. The van der Waals surface area contributed by atoms with Gasteiger partial charge >= 0.3 is 0 Å². The molecule has 0 amide bonds. The van der Waals surface area contributed by atoms with Crippen molar-refractivity contribution in [1.29, 1.82) is 5.26 Å². The highest BCUT2D eigenvalue weighted by molar-refractivity contribution is 9.08. The second-order valence-electron chi connectivity index (χ2n) is 2.81. The Bertz CT molecular complexity index is 527. The van der Waals surface area contributed by atoms with E-state index in [2.05, 4.69) is 27.4 Å². The molecule has 0 spiro atoms. The highest BCUT2D eigenvalue weighted by atomic mass is 79.9. The van der Waals surface area contributed by atoms with E-state index in [9.17, 15) is 0 Å². The van der Waals surface area contributed by atoms with Crippen LogP contribution in [0.2, 0.25) is 5.02 Å². The Kier molecular flexibility index (Phi) is 2.78. The van der Waals surface area contributed by atoms with E-state index in [1.165, 1.54) is 5.56 Å². The molecule has 0 N–H and O–H groups in total. The van der Waals surface area contributed by atoms with Gasteiger partial charge in [-0.25, -0.2) is 0 Å². The maximum Gasteiger partial charge on any atom is 0.101 e. The van der Waals surface area contributed by atoms with E-state index < -0.39 is 0 Å². The fourth-order valence-electron chi connectivity index (χ4n) is 1.31. The van der Waals surface area contributed by atoms with E-state index in [-0.39, 0.29) is 0 Å². The Morgan fingerprint density at radius 3 is 2.93 bits per heavy atom. The molecule has 0 atom stereocenters. The summed E-state index contributed by atoms with van der Waals surface area (Å²) >= 11 is 11.1. The third-order valence-corrected chi connectivity index (χ3v) is 4.20. The van der Waals surface area contributed by atoms with Gasteiger partial charge in [0.15, 0.2) is 0 Å². The average molecular weight is 287 g/mol. The largest absolute Gasteiger partial charge is 0.192 e. The minimum absolute atomic E-state index is 0.544. The zero-order valence-electron chi connectivity index (χ0n) is 7.05. The first-order valence-electron chi connectivity index (χ1n) is 3.92. The van der Waals surface area contributed by atoms with Gasteiger partial charge < -0.3 is 0 Å². The average Bonchev–Trinajstić information content (AvgIpc) is 2.62. The van der Waals surface area contributed by atoms with E-state index in [4.69, 9.17) is 16.9 Å². The number of alkyl halides is 1. The van der Waals surface area contributed by atoms with E-state index in [1.54, 1.807) is 17.4 Å². The number of rotatable bonds is 1. The van der Waals surface area contributed by atoms with Gasteiger partial charge in [-0.05, 0) is 22.4 Å². The zero-order chi connectivity index (χ0) is 10.1. The van der Waals surface area contributed by atoms with Crippen LogP contribution in [0.15, 0.2) is 17.5 Å². The van der Waals surface area contributed by atoms with E-state index >= 15 is 0 Å². The molecule has 1 aromatic carbocycles. The van der Waals surface area contributed by atoms with Gasteiger partial charge in [0.25, 0.3) is 0 Å². The number of fused-ring (bicyclic) bond motifs is 1. The number of hydrogen-bond acceptors (Lipinski definition) is 2. The second kappa shape index (κ2) is 3.90. The SMILES string of the molecule is N#Cc1ccc2c(CBr)csc2c1Cl. The number of hydrogen-bond donors (Lipinski definition) is 0. The number of nitriles is 1. The van der Waals surface area contributed by atoms with Gasteiger partial charge in [0, 0.05) is 5.33 Å². The molecule has 0 radical (unpaired) electrons. The molecule has 0 aliphatic rings. The molecule has 0 bridgehead atoms. The predicted octanol–water partition coefficient (Wildman–Crippen LogP) is 4.32. The van der Waals surface area contributed by atoms with Crippen molar-refractivity contribution in [3.63, 3.8) is 0 Å². The van der Waals surface area contributed by atoms with Gasteiger partial charge in [-0.15, -0.1) is 11.3 Å². The van der Waals surface area contributed by atoms with Crippen LogP contribution < -0.4 is 0 Å². The van der Waals surface area contributed by atoms with Gasteiger partial charge in [-0.1, -0.05) is 33.6 Å². The van der Waals surface area contributed by atoms with Crippen LogP contribution in [0.1, 0.15) is 11.1 Å². The van der Waals surface area contributed by atoms with Crippen molar-refractivity contribution in [3.8, 4) is 6.07 Å². The maximum absolute atomic E-state index is 8.80. The summed E-state index contributed by atoms with van der Waals surface area (Å²) in [6, 6.07) is 5.80. The standard InChI is InChI=1S/C10H5BrClNS/c11-3-7-5-14-10-8(7)2-1-6(4-13)9(10)12/h1-2,5H,3H2. The summed E-state index contributed by atoms with van der Waals surface area (Å²) in [6.45, 7) is 0. The van der Waals surface area contributed by atoms with Crippen LogP contribution in [0.5, 0.6) is 0 Å². The van der Waals surface area contributed by atoms with Crippen LogP contribution in [0.3, 0.4) is 0 Å². The molecule has 2 rings (SSSR count). The lowest BCUT2D eigenvalue weighted by Crippen LogP contribution is -1.78. The molecule has 0 aliphatic heterocycles. The van der Waals surface area contributed by atoms with Crippen LogP contribution in [0, 0.1) is 11.3 Å². The van der Waals surface area contributed by atoms with Crippen LogP contribution in [0.4, 0.5) is 0 Å². The van der Waals surface area contributed by atoms with Crippen molar-refractivity contribution >= 4 is 49.0 Å². The van der Waals surface area contributed by atoms with Gasteiger partial charge in [-0.2, -0.15) is 5.26 Å². The Morgan fingerprint density at radius 1 is 1.50 bits per heavy atom. The topological polar surface area (TPSA) is 23.8 Å². The predicted molar refractivity (Wildman–Crippen MR) is 64.2 cm³/mol. The Labute approximate surface area is 99.0 Å². The second-order valence-corrected chi connectivity index (χ2v) is 4.63. The van der Waals surface area contributed by atoms with Crippen molar-refractivity contribution in [2.45, 2.75) is 5.33 Å². The van der Waals surface area contributed by atoms with Crippen LogP contribution >= 0.6 is 38.9 Å². The molecular weight excluding hydrogens is 282 g/mol. The molecule has 2 aromatic rings. The first-order chi connectivity index (χ1) is 6.77. The summed E-state index contributed by atoms with van der Waals surface area (Å²) in [5, 5.41) is 13.4. The fraction of sp³-hybridized carbons (Fsp3) is 0.100. The molecule has 1 aromatic heterocycles. The van der Waals surface area contributed by atoms with E-state index in [0.717, 1.165) is 15.4 Å². The number of nitrogens with zero attached hydrogens (tertiary/aromatic N) is 1. The van der Waals surface area contributed by atoms with E-state index in [1.807, 2.05) is 6.07 Å². The fourth-order valence-corrected chi connectivity index (χ4v) is 3.34. The first kappa shape index (κ1) is 9.97. The lowest BCUT2D eigenvalue weighted by atomic mass is 10.1. The van der Waals surface area contributed by atoms with Gasteiger partial charge in [-0.3, -0.25) is 0 Å². The van der Waals surface area contributed by atoms with Crippen LogP contribution in [-0.4, -0.2) is 0 Å². The molecule has 0 aliphatic carbocycles. The van der Waals surface area contributed by atoms with Crippen molar-refractivity contribution in [3.05, 3.63) is 33.7 Å². The number of halogens is 2. The third kappa shape index (κ3) is 1.44. The molecule has 1 heterocycles. The first-order valence-corrected chi connectivity index (χ1v) is 6.30. The molecule has 0 saturated heterocycles. The molecule has 14 heavy (non-hydrogen) atoms. The normalized spacial score (nSPS) is 10.4. The minimum atomic E-state index is 0.544. The molecule has 70 valence electrons. The third-order valence-electron chi connectivity index (χ3n) is 2.03. The summed E-state index contributed by atoms with van der Waals surface area (Å²) in [5.41, 5.74) is 1.76. The van der Waals surface area contributed by atoms with Crippen LogP contribution in [-0.2, 0) is 5.33 Å². The van der Waals surface area contributed by atoms with Crippen molar-refractivity contribution < 1.29 is 0 Å². The lowest BCUT2D eigenvalue weighted by Gasteiger charge is -1.97. The van der Waals surface area contributed by atoms with Gasteiger partial charge in [0.2, 0.25) is 0 Å². The molecule has 0 fully saturated rings. The summed E-state index contributed by atoms with van der Waals surface area (Å²) in [4.78, 5) is 0. The smallest absolute Gasteiger partial charge is 0.101 e. The molecule has 0 saturated carbocycles. The molecular formula is C10H5BrClNS. The van der Waals surface area contributed by atoms with Crippen molar-refractivity contribution in [2.24, 2.45) is 0 Å². The van der Waals surface area contributed by atoms with Gasteiger partial charge in [0.1, 0.15) is 6.07 Å². The highest BCUT2D eigenvalue weighted by Crippen LogP contribution is 2.34. The Hall–Kier alpha value is -0.560. The van der Waals surface area contributed by atoms with Gasteiger partial charge in [0.05, 0.1) is 15.3 Å². The highest BCUT2D eigenvalue weighted by Gasteiger charge is 2.09. The summed E-state index contributed by atoms with van der Waals surface area (Å²) < 4.78 is 1.00. The minimum Gasteiger partial charge on any atom is -0.192 e.